The first-order chi connectivity index (χ1) is 8.63. The predicted octanol–water partition coefficient (Wildman–Crippen LogP) is 2.03. The van der Waals surface area contributed by atoms with E-state index in [1.165, 1.54) is 11.8 Å². The number of phenolic OH excluding ortho intramolecular Hbond substituents is 1. The van der Waals surface area contributed by atoms with Gasteiger partial charge in [0, 0.05) is 25.2 Å². The number of phenols is 1. The summed E-state index contributed by atoms with van der Waals surface area (Å²) in [6.07, 6.45) is 0.818. The fourth-order valence-electron chi connectivity index (χ4n) is 1.35. The molecule has 100 valence electrons. The molecule has 5 heteroatoms. The lowest BCUT2D eigenvalue weighted by Crippen LogP contribution is -2.32. The topological polar surface area (TPSA) is 58.6 Å². The van der Waals surface area contributed by atoms with Crippen molar-refractivity contribution in [1.82, 2.24) is 5.32 Å². The van der Waals surface area contributed by atoms with E-state index in [2.05, 4.69) is 5.32 Å². The first kappa shape index (κ1) is 14.9. The maximum atomic E-state index is 11.8. The van der Waals surface area contributed by atoms with Gasteiger partial charge in [-0.3, -0.25) is 4.79 Å². The van der Waals surface area contributed by atoms with Crippen LogP contribution < -0.4 is 5.32 Å². The number of hydrogen-bond acceptors (Lipinski definition) is 4. The second-order valence-electron chi connectivity index (χ2n) is 3.89. The van der Waals surface area contributed by atoms with Crippen molar-refractivity contribution in [1.29, 1.82) is 0 Å². The van der Waals surface area contributed by atoms with E-state index in [0.717, 1.165) is 11.3 Å². The van der Waals surface area contributed by atoms with Crippen LogP contribution in [0.15, 0.2) is 29.2 Å². The molecule has 0 aromatic heterocycles. The molecule has 0 saturated carbocycles. The van der Waals surface area contributed by atoms with E-state index in [9.17, 15) is 4.79 Å². The molecule has 1 atom stereocenters. The van der Waals surface area contributed by atoms with E-state index in [4.69, 9.17) is 9.84 Å². The minimum atomic E-state index is -0.155. The van der Waals surface area contributed by atoms with Gasteiger partial charge in [0.2, 0.25) is 5.91 Å². The molecule has 1 unspecified atom stereocenters. The summed E-state index contributed by atoms with van der Waals surface area (Å²) in [6, 6.07) is 6.83. The molecular weight excluding hydrogens is 250 g/mol. The molecule has 0 aliphatic heterocycles. The zero-order valence-corrected chi connectivity index (χ0v) is 11.5. The summed E-state index contributed by atoms with van der Waals surface area (Å²) in [5.41, 5.74) is 0. The molecule has 1 rings (SSSR count). The number of amides is 1. The third-order valence-electron chi connectivity index (χ3n) is 2.34. The van der Waals surface area contributed by atoms with Gasteiger partial charge >= 0.3 is 0 Å². The van der Waals surface area contributed by atoms with Crippen molar-refractivity contribution in [2.24, 2.45) is 0 Å². The number of ether oxygens (including phenoxy) is 1. The summed E-state index contributed by atoms with van der Waals surface area (Å²) in [7, 11) is 1.64. The highest BCUT2D eigenvalue weighted by atomic mass is 32.2. The number of methoxy groups -OCH3 is 1. The van der Waals surface area contributed by atoms with Crippen LogP contribution in [0.25, 0.3) is 0 Å². The Morgan fingerprint density at radius 1 is 1.44 bits per heavy atom. The molecule has 1 aromatic rings. The fourth-order valence-corrected chi connectivity index (χ4v) is 2.25. The molecule has 1 amide bonds. The van der Waals surface area contributed by atoms with Crippen LogP contribution in [-0.2, 0) is 9.53 Å². The average Bonchev–Trinajstić information content (AvgIpc) is 2.37. The lowest BCUT2D eigenvalue weighted by atomic mass is 10.3. The van der Waals surface area contributed by atoms with Crippen LogP contribution in [0.4, 0.5) is 0 Å². The van der Waals surface area contributed by atoms with Gasteiger partial charge in [-0.1, -0.05) is 0 Å². The van der Waals surface area contributed by atoms with Crippen LogP contribution in [0.1, 0.15) is 13.3 Å². The normalized spacial score (nSPS) is 12.1. The molecular formula is C13H19NO3S. The zero-order chi connectivity index (χ0) is 13.4. The number of nitrogens with one attached hydrogen (secondary N) is 1. The lowest BCUT2D eigenvalue weighted by molar-refractivity contribution is -0.120. The van der Waals surface area contributed by atoms with Crippen molar-refractivity contribution < 1.29 is 14.6 Å². The summed E-state index contributed by atoms with van der Waals surface area (Å²) in [5.74, 6) is 0.250. The van der Waals surface area contributed by atoms with Gasteiger partial charge in [-0.15, -0.1) is 11.8 Å². The molecule has 4 nitrogen and oxygen atoms in total. The van der Waals surface area contributed by atoms with Crippen LogP contribution in [0.3, 0.4) is 0 Å². The number of rotatable bonds is 7. The third kappa shape index (κ3) is 5.42. The van der Waals surface area contributed by atoms with E-state index < -0.39 is 0 Å². The SMILES string of the molecule is COCCCNC(=O)C(C)Sc1ccc(O)cc1. The Morgan fingerprint density at radius 3 is 2.72 bits per heavy atom. The number of benzene rings is 1. The van der Waals surface area contributed by atoms with Gasteiger partial charge in [0.25, 0.3) is 0 Å². The molecule has 0 spiro atoms. The highest BCUT2D eigenvalue weighted by molar-refractivity contribution is 8.00. The molecule has 1 aromatic carbocycles. The van der Waals surface area contributed by atoms with Crippen LogP contribution in [-0.4, -0.2) is 36.5 Å². The molecule has 0 bridgehead atoms. The predicted molar refractivity (Wildman–Crippen MR) is 72.9 cm³/mol. The molecule has 2 N–H and O–H groups in total. The number of aromatic hydroxyl groups is 1. The average molecular weight is 269 g/mol. The Labute approximate surface area is 112 Å². The van der Waals surface area contributed by atoms with Crippen molar-refractivity contribution in [3.8, 4) is 5.75 Å². The summed E-state index contributed by atoms with van der Waals surface area (Å²) in [4.78, 5) is 12.7. The summed E-state index contributed by atoms with van der Waals surface area (Å²) >= 11 is 1.47. The van der Waals surface area contributed by atoms with E-state index in [1.54, 1.807) is 31.4 Å². The zero-order valence-electron chi connectivity index (χ0n) is 10.7. The quantitative estimate of drug-likeness (QED) is 0.587. The summed E-state index contributed by atoms with van der Waals surface area (Å²) < 4.78 is 4.91. The van der Waals surface area contributed by atoms with Gasteiger partial charge in [0.15, 0.2) is 0 Å². The highest BCUT2D eigenvalue weighted by Gasteiger charge is 2.13. The first-order valence-corrected chi connectivity index (χ1v) is 6.74. The van der Waals surface area contributed by atoms with Crippen LogP contribution in [0.2, 0.25) is 0 Å². The Kier molecular flexibility index (Phi) is 6.60. The Hall–Kier alpha value is -1.20. The number of hydrogen-bond donors (Lipinski definition) is 2. The number of carbonyl (C=O) groups excluding carboxylic acids is 1. The van der Waals surface area contributed by atoms with Gasteiger partial charge in [-0.25, -0.2) is 0 Å². The molecule has 18 heavy (non-hydrogen) atoms. The maximum Gasteiger partial charge on any atom is 0.233 e. The van der Waals surface area contributed by atoms with E-state index in [-0.39, 0.29) is 16.9 Å². The molecule has 0 radical (unpaired) electrons. The molecule has 0 heterocycles. The Balaban J connectivity index is 2.33. The molecule has 0 aliphatic carbocycles. The third-order valence-corrected chi connectivity index (χ3v) is 3.46. The smallest absolute Gasteiger partial charge is 0.233 e. The Bertz CT molecular complexity index is 367. The second kappa shape index (κ2) is 8.00. The number of thioether (sulfide) groups is 1. The molecule has 0 fully saturated rings. The van der Waals surface area contributed by atoms with Crippen molar-refractivity contribution in [3.63, 3.8) is 0 Å². The Morgan fingerprint density at radius 2 is 2.11 bits per heavy atom. The van der Waals surface area contributed by atoms with E-state index in [0.29, 0.717) is 13.2 Å². The van der Waals surface area contributed by atoms with Gasteiger partial charge < -0.3 is 15.2 Å². The van der Waals surface area contributed by atoms with Gasteiger partial charge in [-0.2, -0.15) is 0 Å². The van der Waals surface area contributed by atoms with Crippen molar-refractivity contribution in [2.75, 3.05) is 20.3 Å². The fraction of sp³-hybridized carbons (Fsp3) is 0.462. The minimum absolute atomic E-state index is 0.0178. The summed E-state index contributed by atoms with van der Waals surface area (Å²) in [5, 5.41) is 11.9. The molecule has 0 saturated heterocycles. The minimum Gasteiger partial charge on any atom is -0.508 e. The van der Waals surface area contributed by atoms with Crippen LogP contribution >= 0.6 is 11.8 Å². The van der Waals surface area contributed by atoms with E-state index >= 15 is 0 Å². The van der Waals surface area contributed by atoms with Gasteiger partial charge in [-0.05, 0) is 37.6 Å². The van der Waals surface area contributed by atoms with Crippen molar-refractivity contribution in [3.05, 3.63) is 24.3 Å². The van der Waals surface area contributed by atoms with Crippen LogP contribution in [0, 0.1) is 0 Å². The standard InChI is InChI=1S/C13H19NO3S/c1-10(13(16)14-8-3-9-17-2)18-12-6-4-11(15)5-7-12/h4-7,10,15H,3,8-9H2,1-2H3,(H,14,16). The largest absolute Gasteiger partial charge is 0.508 e. The number of carbonyl (C=O) groups is 1. The first-order valence-electron chi connectivity index (χ1n) is 5.86. The highest BCUT2D eigenvalue weighted by Crippen LogP contribution is 2.24. The van der Waals surface area contributed by atoms with Crippen LogP contribution in [0.5, 0.6) is 5.75 Å². The summed E-state index contributed by atoms with van der Waals surface area (Å²) in [6.45, 7) is 3.15. The van der Waals surface area contributed by atoms with Crippen molar-refractivity contribution in [2.45, 2.75) is 23.5 Å². The lowest BCUT2D eigenvalue weighted by Gasteiger charge is -2.11. The monoisotopic (exact) mass is 269 g/mol. The van der Waals surface area contributed by atoms with Gasteiger partial charge in [0.05, 0.1) is 5.25 Å². The maximum absolute atomic E-state index is 11.8. The van der Waals surface area contributed by atoms with Gasteiger partial charge in [0.1, 0.15) is 5.75 Å². The molecule has 0 aliphatic rings. The van der Waals surface area contributed by atoms with E-state index in [1.807, 2.05) is 6.92 Å². The second-order valence-corrected chi connectivity index (χ2v) is 5.31. The van der Waals surface area contributed by atoms with Crippen molar-refractivity contribution >= 4 is 17.7 Å².